The predicted octanol–water partition coefficient (Wildman–Crippen LogP) is 0.781. The molecule has 2 amide bonds. The topological polar surface area (TPSA) is 79.3 Å². The number of carboxylic acid groups (broad SMARTS) is 1. The Morgan fingerprint density at radius 1 is 1.14 bits per heavy atom. The van der Waals surface area contributed by atoms with Gasteiger partial charge in [-0.05, 0) is 26.7 Å². The summed E-state index contributed by atoms with van der Waals surface area (Å²) in [6.07, 6.45) is 1.44. The first-order chi connectivity index (χ1) is 9.95. The molecular formula is C14H24N2O5. The van der Waals surface area contributed by atoms with E-state index in [4.69, 9.17) is 14.6 Å². The molecule has 2 fully saturated rings. The van der Waals surface area contributed by atoms with Crippen molar-refractivity contribution in [1.82, 2.24) is 9.80 Å². The molecule has 0 aromatic rings. The number of ether oxygens (including phenoxy) is 2. The van der Waals surface area contributed by atoms with Gasteiger partial charge >= 0.3 is 12.0 Å². The number of carbonyl (C=O) groups is 2. The van der Waals surface area contributed by atoms with Crippen LogP contribution in [-0.2, 0) is 14.3 Å². The van der Waals surface area contributed by atoms with Crippen molar-refractivity contribution in [3.05, 3.63) is 0 Å². The van der Waals surface area contributed by atoms with Gasteiger partial charge in [0.15, 0.2) is 0 Å². The standard InChI is InChI=1S/C14H24N2O5/c1-10-7-16(8-11(2)21-10)14(19)15-5-3-12(4-6-15)20-9-13(17)18/h10-12H,3-9H2,1-2H3,(H,17,18). The molecule has 0 radical (unpaired) electrons. The molecule has 120 valence electrons. The van der Waals surface area contributed by atoms with Crippen LogP contribution in [0.25, 0.3) is 0 Å². The zero-order valence-corrected chi connectivity index (χ0v) is 12.7. The lowest BCUT2D eigenvalue weighted by Gasteiger charge is -2.40. The summed E-state index contributed by atoms with van der Waals surface area (Å²) in [5.74, 6) is -0.954. The summed E-state index contributed by atoms with van der Waals surface area (Å²) in [5.41, 5.74) is 0. The van der Waals surface area contributed by atoms with Crippen LogP contribution in [-0.4, -0.2) is 78.0 Å². The maximum absolute atomic E-state index is 12.5. The van der Waals surface area contributed by atoms with Gasteiger partial charge < -0.3 is 24.4 Å². The fraction of sp³-hybridized carbons (Fsp3) is 0.857. The minimum absolute atomic E-state index is 0.0497. The van der Waals surface area contributed by atoms with Crippen molar-refractivity contribution >= 4 is 12.0 Å². The fourth-order valence-electron chi connectivity index (χ4n) is 2.94. The number of carbonyl (C=O) groups excluding carboxylic acids is 1. The van der Waals surface area contributed by atoms with Gasteiger partial charge in [-0.25, -0.2) is 9.59 Å². The largest absolute Gasteiger partial charge is 0.480 e. The summed E-state index contributed by atoms with van der Waals surface area (Å²) in [5, 5.41) is 8.60. The summed E-state index contributed by atoms with van der Waals surface area (Å²) in [7, 11) is 0. The molecule has 0 bridgehead atoms. The number of hydrogen-bond donors (Lipinski definition) is 1. The van der Waals surface area contributed by atoms with Crippen LogP contribution < -0.4 is 0 Å². The molecule has 1 N–H and O–H groups in total. The van der Waals surface area contributed by atoms with E-state index in [9.17, 15) is 9.59 Å². The van der Waals surface area contributed by atoms with E-state index in [1.165, 1.54) is 0 Å². The van der Waals surface area contributed by atoms with Gasteiger partial charge in [0, 0.05) is 26.2 Å². The number of likely N-dealkylation sites (tertiary alicyclic amines) is 1. The third-order valence-corrected chi connectivity index (χ3v) is 3.85. The van der Waals surface area contributed by atoms with Crippen LogP contribution in [0.5, 0.6) is 0 Å². The van der Waals surface area contributed by atoms with Crippen LogP contribution in [0.3, 0.4) is 0 Å². The minimum Gasteiger partial charge on any atom is -0.480 e. The van der Waals surface area contributed by atoms with E-state index < -0.39 is 5.97 Å². The second-order valence-electron chi connectivity index (χ2n) is 5.84. The van der Waals surface area contributed by atoms with Crippen LogP contribution in [0.4, 0.5) is 4.79 Å². The van der Waals surface area contributed by atoms with Gasteiger partial charge in [0.25, 0.3) is 0 Å². The molecular weight excluding hydrogens is 276 g/mol. The molecule has 2 aliphatic rings. The minimum atomic E-state index is -0.954. The quantitative estimate of drug-likeness (QED) is 0.833. The molecule has 2 rings (SSSR count). The molecule has 21 heavy (non-hydrogen) atoms. The Kier molecular flexibility index (Phi) is 5.41. The van der Waals surface area contributed by atoms with E-state index in [1.807, 2.05) is 23.6 Å². The number of hydrogen-bond acceptors (Lipinski definition) is 4. The summed E-state index contributed by atoms with van der Waals surface area (Å²) in [6.45, 7) is 6.16. The van der Waals surface area contributed by atoms with Gasteiger partial charge in [0.2, 0.25) is 0 Å². The number of piperidine rings is 1. The van der Waals surface area contributed by atoms with Crippen molar-refractivity contribution in [2.24, 2.45) is 0 Å². The highest BCUT2D eigenvalue weighted by atomic mass is 16.5. The van der Waals surface area contributed by atoms with Crippen LogP contribution in [0.2, 0.25) is 0 Å². The molecule has 0 aromatic heterocycles. The molecule has 7 nitrogen and oxygen atoms in total. The van der Waals surface area contributed by atoms with Crippen LogP contribution >= 0.6 is 0 Å². The average Bonchev–Trinajstić information content (AvgIpc) is 2.44. The van der Waals surface area contributed by atoms with E-state index >= 15 is 0 Å². The third-order valence-electron chi connectivity index (χ3n) is 3.85. The molecule has 0 aliphatic carbocycles. The molecule has 0 spiro atoms. The Balaban J connectivity index is 1.78. The van der Waals surface area contributed by atoms with E-state index in [2.05, 4.69) is 0 Å². The van der Waals surface area contributed by atoms with Gasteiger partial charge in [0.1, 0.15) is 6.61 Å². The van der Waals surface area contributed by atoms with Gasteiger partial charge in [-0.2, -0.15) is 0 Å². The number of urea groups is 1. The SMILES string of the molecule is CC1CN(C(=O)N2CCC(OCC(=O)O)CC2)CC(C)O1. The van der Waals surface area contributed by atoms with Crippen molar-refractivity contribution in [1.29, 1.82) is 0 Å². The summed E-state index contributed by atoms with van der Waals surface area (Å²) < 4.78 is 10.9. The number of morpholine rings is 1. The fourth-order valence-corrected chi connectivity index (χ4v) is 2.94. The van der Waals surface area contributed by atoms with Crippen LogP contribution in [0.1, 0.15) is 26.7 Å². The molecule has 2 atom stereocenters. The van der Waals surface area contributed by atoms with Crippen molar-refractivity contribution in [3.8, 4) is 0 Å². The maximum Gasteiger partial charge on any atom is 0.329 e. The van der Waals surface area contributed by atoms with Crippen LogP contribution in [0, 0.1) is 0 Å². The lowest BCUT2D eigenvalue weighted by molar-refractivity contribution is -0.145. The van der Waals surface area contributed by atoms with Crippen molar-refractivity contribution in [3.63, 3.8) is 0 Å². The Labute approximate surface area is 124 Å². The van der Waals surface area contributed by atoms with Gasteiger partial charge in [0.05, 0.1) is 18.3 Å². The van der Waals surface area contributed by atoms with Crippen molar-refractivity contribution in [2.45, 2.75) is 45.0 Å². The van der Waals surface area contributed by atoms with E-state index in [0.717, 1.165) is 0 Å². The zero-order valence-electron chi connectivity index (χ0n) is 12.7. The number of rotatable bonds is 3. The predicted molar refractivity (Wildman–Crippen MR) is 75.2 cm³/mol. The van der Waals surface area contributed by atoms with E-state index in [1.54, 1.807) is 0 Å². The monoisotopic (exact) mass is 300 g/mol. The third kappa shape index (κ3) is 4.57. The normalized spacial score (nSPS) is 27.7. The lowest BCUT2D eigenvalue weighted by Crippen LogP contribution is -2.54. The molecule has 2 aliphatic heterocycles. The molecule has 7 heteroatoms. The van der Waals surface area contributed by atoms with Crippen molar-refractivity contribution < 1.29 is 24.2 Å². The average molecular weight is 300 g/mol. The first-order valence-corrected chi connectivity index (χ1v) is 7.48. The highest BCUT2D eigenvalue weighted by Crippen LogP contribution is 2.18. The Hall–Kier alpha value is -1.34. The second-order valence-corrected chi connectivity index (χ2v) is 5.84. The van der Waals surface area contributed by atoms with Gasteiger partial charge in [-0.15, -0.1) is 0 Å². The van der Waals surface area contributed by atoms with E-state index in [0.29, 0.717) is 39.0 Å². The van der Waals surface area contributed by atoms with Gasteiger partial charge in [-0.3, -0.25) is 0 Å². The van der Waals surface area contributed by atoms with Crippen LogP contribution in [0.15, 0.2) is 0 Å². The molecule has 2 heterocycles. The first-order valence-electron chi connectivity index (χ1n) is 7.48. The number of amides is 2. The maximum atomic E-state index is 12.5. The number of nitrogens with zero attached hydrogens (tertiary/aromatic N) is 2. The first kappa shape index (κ1) is 16.0. The highest BCUT2D eigenvalue weighted by molar-refractivity contribution is 5.74. The Morgan fingerprint density at radius 3 is 2.24 bits per heavy atom. The Bertz CT molecular complexity index is 372. The zero-order chi connectivity index (χ0) is 15.4. The summed E-state index contributed by atoms with van der Waals surface area (Å²) in [6, 6.07) is 0.0497. The summed E-state index contributed by atoms with van der Waals surface area (Å²) >= 11 is 0. The Morgan fingerprint density at radius 2 is 1.71 bits per heavy atom. The molecule has 2 unspecified atom stereocenters. The van der Waals surface area contributed by atoms with E-state index in [-0.39, 0.29) is 30.9 Å². The van der Waals surface area contributed by atoms with Crippen molar-refractivity contribution in [2.75, 3.05) is 32.8 Å². The van der Waals surface area contributed by atoms with Gasteiger partial charge in [-0.1, -0.05) is 0 Å². The smallest absolute Gasteiger partial charge is 0.329 e. The molecule has 0 saturated carbocycles. The number of aliphatic carboxylic acids is 1. The summed E-state index contributed by atoms with van der Waals surface area (Å²) in [4.78, 5) is 26.6. The second kappa shape index (κ2) is 7.09. The number of carboxylic acids is 1. The lowest BCUT2D eigenvalue weighted by atomic mass is 10.1. The molecule has 0 aromatic carbocycles. The highest BCUT2D eigenvalue weighted by Gasteiger charge is 2.31. The molecule has 2 saturated heterocycles.